The van der Waals surface area contributed by atoms with Crippen LogP contribution in [0.1, 0.15) is 33.6 Å². The van der Waals surface area contributed by atoms with Gasteiger partial charge in [-0.2, -0.15) is 13.2 Å². The molecule has 1 heterocycles. The van der Waals surface area contributed by atoms with Gasteiger partial charge < -0.3 is 14.3 Å². The highest BCUT2D eigenvalue weighted by atomic mass is 32.2. The minimum atomic E-state index is -4.40. The number of halogens is 3. The SMILES string of the molecule is Cc1cc(C)cc(SCc2oc(-c3ccc(C(F)(F)F)cc3)cc2CSc2ccc(OCC(=O)O)c(C)c2)c1. The summed E-state index contributed by atoms with van der Waals surface area (Å²) in [5.41, 5.74) is 3.99. The molecule has 0 saturated carbocycles. The van der Waals surface area contributed by atoms with Gasteiger partial charge in [0.1, 0.15) is 17.3 Å². The summed E-state index contributed by atoms with van der Waals surface area (Å²) in [4.78, 5) is 12.9. The van der Waals surface area contributed by atoms with Crippen LogP contribution in [0, 0.1) is 20.8 Å². The summed E-state index contributed by atoms with van der Waals surface area (Å²) in [6, 6.07) is 18.8. The fourth-order valence-electron chi connectivity index (χ4n) is 4.02. The van der Waals surface area contributed by atoms with Gasteiger partial charge in [0.25, 0.3) is 0 Å². The fourth-order valence-corrected chi connectivity index (χ4v) is 6.09. The van der Waals surface area contributed by atoms with E-state index >= 15 is 0 Å². The van der Waals surface area contributed by atoms with Crippen LogP contribution in [0.5, 0.6) is 5.75 Å². The van der Waals surface area contributed by atoms with E-state index in [1.165, 1.54) is 23.3 Å². The van der Waals surface area contributed by atoms with Gasteiger partial charge in [0.05, 0.1) is 11.3 Å². The number of thioether (sulfide) groups is 2. The Balaban J connectivity index is 1.56. The van der Waals surface area contributed by atoms with E-state index in [9.17, 15) is 18.0 Å². The van der Waals surface area contributed by atoms with Crippen molar-refractivity contribution >= 4 is 29.5 Å². The molecule has 204 valence electrons. The first-order chi connectivity index (χ1) is 18.5. The second-order valence-corrected chi connectivity index (χ2v) is 11.2. The van der Waals surface area contributed by atoms with Crippen LogP contribution in [-0.4, -0.2) is 17.7 Å². The van der Waals surface area contributed by atoms with E-state index in [-0.39, 0.29) is 0 Å². The van der Waals surface area contributed by atoms with Gasteiger partial charge in [-0.05, 0) is 86.0 Å². The number of ether oxygens (including phenoxy) is 1. The zero-order chi connectivity index (χ0) is 28.2. The lowest BCUT2D eigenvalue weighted by molar-refractivity contribution is -0.139. The predicted octanol–water partition coefficient (Wildman–Crippen LogP) is 8.94. The van der Waals surface area contributed by atoms with E-state index in [4.69, 9.17) is 14.3 Å². The Morgan fingerprint density at radius 3 is 2.15 bits per heavy atom. The Hall–Kier alpha value is -3.30. The van der Waals surface area contributed by atoms with Crippen LogP contribution in [0.3, 0.4) is 0 Å². The molecule has 0 bridgehead atoms. The first-order valence-corrected chi connectivity index (χ1v) is 14.0. The van der Waals surface area contributed by atoms with Gasteiger partial charge in [-0.1, -0.05) is 18.2 Å². The molecule has 39 heavy (non-hydrogen) atoms. The number of alkyl halides is 3. The van der Waals surface area contributed by atoms with E-state index < -0.39 is 24.3 Å². The molecule has 3 aromatic carbocycles. The van der Waals surface area contributed by atoms with Crippen LogP contribution in [0.2, 0.25) is 0 Å². The van der Waals surface area contributed by atoms with Gasteiger partial charge in [0.2, 0.25) is 0 Å². The van der Waals surface area contributed by atoms with E-state index in [1.807, 2.05) is 25.1 Å². The van der Waals surface area contributed by atoms with Gasteiger partial charge in [-0.15, -0.1) is 23.5 Å². The average molecular weight is 573 g/mol. The number of hydrogen-bond acceptors (Lipinski definition) is 5. The van der Waals surface area contributed by atoms with Crippen LogP contribution < -0.4 is 4.74 Å². The number of hydrogen-bond donors (Lipinski definition) is 1. The maximum absolute atomic E-state index is 13.0. The van der Waals surface area contributed by atoms with E-state index in [0.717, 1.165) is 38.8 Å². The van der Waals surface area contributed by atoms with Gasteiger partial charge in [0, 0.05) is 26.7 Å². The Morgan fingerprint density at radius 1 is 0.872 bits per heavy atom. The second-order valence-electron chi connectivity index (χ2n) is 9.14. The smallest absolute Gasteiger partial charge is 0.416 e. The lowest BCUT2D eigenvalue weighted by atomic mass is 10.1. The number of aliphatic carboxylic acids is 1. The van der Waals surface area contributed by atoms with Gasteiger partial charge in [0.15, 0.2) is 6.61 Å². The highest BCUT2D eigenvalue weighted by Crippen LogP contribution is 2.37. The number of carbonyl (C=O) groups is 1. The van der Waals surface area contributed by atoms with Crippen molar-refractivity contribution in [1.29, 1.82) is 0 Å². The molecule has 0 aliphatic heterocycles. The normalized spacial score (nSPS) is 11.5. The maximum Gasteiger partial charge on any atom is 0.416 e. The zero-order valence-electron chi connectivity index (χ0n) is 21.6. The summed E-state index contributed by atoms with van der Waals surface area (Å²) < 4.78 is 50.6. The molecular formula is C30H27F3O4S2. The molecule has 0 fully saturated rings. The van der Waals surface area contributed by atoms with Crippen LogP contribution in [-0.2, 0) is 22.5 Å². The van der Waals surface area contributed by atoms with Crippen molar-refractivity contribution in [3.63, 3.8) is 0 Å². The lowest BCUT2D eigenvalue weighted by Gasteiger charge is -2.09. The molecule has 0 aliphatic carbocycles. The molecule has 4 aromatic rings. The first-order valence-electron chi connectivity index (χ1n) is 12.1. The Morgan fingerprint density at radius 2 is 1.54 bits per heavy atom. The molecule has 0 amide bonds. The quantitative estimate of drug-likeness (QED) is 0.192. The average Bonchev–Trinajstić information content (AvgIpc) is 3.27. The van der Waals surface area contributed by atoms with E-state index in [2.05, 4.69) is 32.0 Å². The summed E-state index contributed by atoms with van der Waals surface area (Å²) in [5, 5.41) is 8.84. The number of furan rings is 1. The molecule has 4 nitrogen and oxygen atoms in total. The number of carboxylic acid groups (broad SMARTS) is 1. The Kier molecular flexibility index (Phi) is 9.02. The van der Waals surface area contributed by atoms with Gasteiger partial charge >= 0.3 is 12.1 Å². The predicted molar refractivity (Wildman–Crippen MR) is 148 cm³/mol. The molecule has 0 aliphatic rings. The summed E-state index contributed by atoms with van der Waals surface area (Å²) in [7, 11) is 0. The summed E-state index contributed by atoms with van der Waals surface area (Å²) in [6.45, 7) is 5.55. The largest absolute Gasteiger partial charge is 0.482 e. The van der Waals surface area contributed by atoms with Crippen molar-refractivity contribution in [3.05, 3.63) is 100 Å². The van der Waals surface area contributed by atoms with E-state index in [0.29, 0.717) is 28.6 Å². The third-order valence-electron chi connectivity index (χ3n) is 5.85. The number of carboxylic acids is 1. The van der Waals surface area contributed by atoms with Crippen molar-refractivity contribution in [2.75, 3.05) is 6.61 Å². The molecule has 0 atom stereocenters. The van der Waals surface area contributed by atoms with Crippen LogP contribution in [0.15, 0.2) is 80.9 Å². The molecule has 0 saturated heterocycles. The first kappa shape index (κ1) is 28.7. The number of rotatable bonds is 10. The highest BCUT2D eigenvalue weighted by Gasteiger charge is 2.30. The molecular weight excluding hydrogens is 545 g/mol. The van der Waals surface area contributed by atoms with E-state index in [1.54, 1.807) is 29.6 Å². The minimum Gasteiger partial charge on any atom is -0.482 e. The highest BCUT2D eigenvalue weighted by molar-refractivity contribution is 7.99. The van der Waals surface area contributed by atoms with Gasteiger partial charge in [-0.25, -0.2) is 4.79 Å². The molecule has 4 rings (SSSR count). The Labute approximate surface area is 233 Å². The Bertz CT molecular complexity index is 1440. The summed E-state index contributed by atoms with van der Waals surface area (Å²) in [5.74, 6) is 1.91. The third-order valence-corrected chi connectivity index (χ3v) is 7.87. The zero-order valence-corrected chi connectivity index (χ0v) is 23.2. The maximum atomic E-state index is 13.0. The molecule has 1 N–H and O–H groups in total. The molecule has 0 unspecified atom stereocenters. The molecule has 0 radical (unpaired) electrons. The topological polar surface area (TPSA) is 59.7 Å². The summed E-state index contributed by atoms with van der Waals surface area (Å²) >= 11 is 3.23. The van der Waals surface area contributed by atoms with Crippen molar-refractivity contribution in [2.24, 2.45) is 0 Å². The standard InChI is InChI=1S/C30H27F3O4S2/c1-18-10-19(2)12-25(11-18)39-17-28-22(14-27(37-28)21-4-6-23(7-5-21)30(31,32)33)16-38-24-8-9-26(20(3)13-24)36-15-29(34)35/h4-14H,15-17H2,1-3H3,(H,34,35). The van der Waals surface area contributed by atoms with Crippen LogP contribution in [0.4, 0.5) is 13.2 Å². The van der Waals surface area contributed by atoms with Crippen molar-refractivity contribution in [2.45, 2.75) is 48.2 Å². The summed E-state index contributed by atoms with van der Waals surface area (Å²) in [6.07, 6.45) is -4.40. The monoisotopic (exact) mass is 572 g/mol. The third kappa shape index (κ3) is 7.86. The minimum absolute atomic E-state index is 0.406. The molecule has 0 spiro atoms. The number of benzene rings is 3. The van der Waals surface area contributed by atoms with Crippen molar-refractivity contribution < 1.29 is 32.2 Å². The van der Waals surface area contributed by atoms with Crippen LogP contribution in [0.25, 0.3) is 11.3 Å². The van der Waals surface area contributed by atoms with Crippen molar-refractivity contribution in [3.8, 4) is 17.1 Å². The number of aryl methyl sites for hydroxylation is 3. The lowest BCUT2D eigenvalue weighted by Crippen LogP contribution is -2.09. The molecule has 9 heteroatoms. The van der Waals surface area contributed by atoms with Crippen molar-refractivity contribution in [1.82, 2.24) is 0 Å². The second kappa shape index (κ2) is 12.3. The van der Waals surface area contributed by atoms with Crippen LogP contribution >= 0.6 is 23.5 Å². The molecule has 1 aromatic heterocycles. The fraction of sp³-hybridized carbons (Fsp3) is 0.233. The van der Waals surface area contributed by atoms with Gasteiger partial charge in [-0.3, -0.25) is 0 Å².